The maximum atomic E-state index is 12.3. The van der Waals surface area contributed by atoms with Crippen molar-refractivity contribution in [3.05, 3.63) is 35.6 Å². The zero-order chi connectivity index (χ0) is 18.4. The van der Waals surface area contributed by atoms with E-state index in [1.54, 1.807) is 26.8 Å². The number of ether oxygens (including phenoxy) is 2. The third-order valence-corrected chi connectivity index (χ3v) is 4.77. The molecule has 1 rings (SSSR count). The molecule has 0 aromatic rings. The van der Waals surface area contributed by atoms with Gasteiger partial charge in [0.25, 0.3) is 0 Å². The van der Waals surface area contributed by atoms with Gasteiger partial charge in [-0.25, -0.2) is 9.59 Å². The Morgan fingerprint density at radius 1 is 1.29 bits per heavy atom. The summed E-state index contributed by atoms with van der Waals surface area (Å²) < 4.78 is 10.5. The van der Waals surface area contributed by atoms with Crippen LogP contribution in [-0.4, -0.2) is 32.3 Å². The number of amides is 1. The van der Waals surface area contributed by atoms with Gasteiger partial charge in [0.2, 0.25) is 0 Å². The van der Waals surface area contributed by atoms with Crippen molar-refractivity contribution in [2.75, 3.05) is 6.61 Å². The molecule has 0 saturated heterocycles. The summed E-state index contributed by atoms with van der Waals surface area (Å²) in [5.74, 6) is -0.535. The van der Waals surface area contributed by atoms with E-state index in [4.69, 9.17) is 9.47 Å². The second kappa shape index (κ2) is 8.33. The molecule has 1 aliphatic rings. The van der Waals surface area contributed by atoms with Crippen LogP contribution in [0.4, 0.5) is 4.79 Å². The third kappa shape index (κ3) is 8.72. The number of rotatable bonds is 6. The van der Waals surface area contributed by atoms with Crippen LogP contribution in [0, 0.1) is 0 Å². The molecule has 0 aromatic carbocycles. The van der Waals surface area contributed by atoms with Crippen molar-refractivity contribution in [1.82, 2.24) is 5.32 Å². The van der Waals surface area contributed by atoms with E-state index < -0.39 is 25.7 Å². The number of hydrogen-bond donors (Lipinski definition) is 1. The van der Waals surface area contributed by atoms with Crippen LogP contribution in [0.2, 0.25) is 25.7 Å². The van der Waals surface area contributed by atoms with E-state index in [2.05, 4.69) is 25.0 Å². The lowest BCUT2D eigenvalue weighted by atomic mass is 10.2. The van der Waals surface area contributed by atoms with Gasteiger partial charge in [0.15, 0.2) is 0 Å². The Kier molecular flexibility index (Phi) is 7.02. The first-order chi connectivity index (χ1) is 11.0. The average Bonchev–Trinajstić information content (AvgIpc) is 2.86. The molecule has 1 N–H and O–H groups in total. The number of nitrogens with one attached hydrogen (secondary N) is 1. The lowest BCUT2D eigenvalue weighted by molar-refractivity contribution is -0.139. The standard InChI is InChI=1S/C18H29NO4Si/c1-18(2,3)23-17(21)19-15(13-14-9-7-8-10-14)16(20)22-11-12-24(4,5)6/h7-9,13H,10-12H2,1-6H3,(H,19,21)/b15-13-. The van der Waals surface area contributed by atoms with Crippen molar-refractivity contribution >= 4 is 20.1 Å². The second-order valence-corrected chi connectivity index (χ2v) is 13.6. The van der Waals surface area contributed by atoms with Crippen molar-refractivity contribution in [2.24, 2.45) is 0 Å². The highest BCUT2D eigenvalue weighted by Crippen LogP contribution is 2.15. The maximum Gasteiger partial charge on any atom is 0.412 e. The van der Waals surface area contributed by atoms with Gasteiger partial charge < -0.3 is 9.47 Å². The van der Waals surface area contributed by atoms with Crippen molar-refractivity contribution in [2.45, 2.75) is 58.5 Å². The molecule has 134 valence electrons. The number of allylic oxidation sites excluding steroid dienone is 5. The predicted octanol–water partition coefficient (Wildman–Crippen LogP) is 4.16. The monoisotopic (exact) mass is 351 g/mol. The zero-order valence-corrected chi connectivity index (χ0v) is 16.6. The molecule has 5 nitrogen and oxygen atoms in total. The molecule has 0 bridgehead atoms. The summed E-state index contributed by atoms with van der Waals surface area (Å²) in [5, 5.41) is 2.52. The number of alkyl carbamates (subject to hydrolysis) is 1. The van der Waals surface area contributed by atoms with Gasteiger partial charge >= 0.3 is 12.1 Å². The Bertz CT molecular complexity index is 563. The van der Waals surface area contributed by atoms with Crippen LogP contribution in [-0.2, 0) is 14.3 Å². The summed E-state index contributed by atoms with van der Waals surface area (Å²) in [6, 6.07) is 0.878. The molecule has 1 aliphatic carbocycles. The lowest BCUT2D eigenvalue weighted by Crippen LogP contribution is -2.35. The van der Waals surface area contributed by atoms with Gasteiger partial charge in [-0.2, -0.15) is 0 Å². The topological polar surface area (TPSA) is 64.6 Å². The lowest BCUT2D eigenvalue weighted by Gasteiger charge is -2.20. The van der Waals surface area contributed by atoms with Gasteiger partial charge in [-0.3, -0.25) is 5.32 Å². The largest absolute Gasteiger partial charge is 0.461 e. The molecule has 0 radical (unpaired) electrons. The molecule has 0 saturated carbocycles. The molecular formula is C18H29NO4Si. The predicted molar refractivity (Wildman–Crippen MR) is 98.4 cm³/mol. The van der Waals surface area contributed by atoms with E-state index in [1.165, 1.54) is 0 Å². The van der Waals surface area contributed by atoms with Crippen LogP contribution in [0.3, 0.4) is 0 Å². The van der Waals surface area contributed by atoms with E-state index in [9.17, 15) is 9.59 Å². The van der Waals surface area contributed by atoms with Crippen LogP contribution in [0.25, 0.3) is 0 Å². The summed E-state index contributed by atoms with van der Waals surface area (Å²) >= 11 is 0. The molecule has 0 atom stereocenters. The minimum absolute atomic E-state index is 0.106. The summed E-state index contributed by atoms with van der Waals surface area (Å²) in [6.45, 7) is 12.3. The fourth-order valence-electron chi connectivity index (χ4n) is 1.84. The van der Waals surface area contributed by atoms with Gasteiger partial charge in [-0.1, -0.05) is 37.9 Å². The number of hydrogen-bond acceptors (Lipinski definition) is 4. The smallest absolute Gasteiger partial charge is 0.412 e. The molecule has 0 spiro atoms. The zero-order valence-electron chi connectivity index (χ0n) is 15.6. The van der Waals surface area contributed by atoms with Crippen LogP contribution in [0.1, 0.15) is 27.2 Å². The molecule has 0 heterocycles. The Labute approximate surface area is 145 Å². The number of esters is 1. The van der Waals surface area contributed by atoms with Crippen molar-refractivity contribution in [1.29, 1.82) is 0 Å². The van der Waals surface area contributed by atoms with E-state index in [1.807, 2.05) is 18.2 Å². The first-order valence-electron chi connectivity index (χ1n) is 8.21. The Morgan fingerprint density at radius 3 is 2.46 bits per heavy atom. The highest BCUT2D eigenvalue weighted by molar-refractivity contribution is 6.76. The first-order valence-corrected chi connectivity index (χ1v) is 11.9. The highest BCUT2D eigenvalue weighted by atomic mass is 28.3. The molecule has 24 heavy (non-hydrogen) atoms. The third-order valence-electron chi connectivity index (χ3n) is 3.07. The Balaban J connectivity index is 2.74. The minimum Gasteiger partial charge on any atom is -0.461 e. The molecule has 0 aliphatic heterocycles. The second-order valence-electron chi connectivity index (χ2n) is 8.01. The normalized spacial score (nSPS) is 15.1. The van der Waals surface area contributed by atoms with Gasteiger partial charge in [0.05, 0.1) is 6.61 Å². The molecule has 1 amide bonds. The van der Waals surface area contributed by atoms with Crippen LogP contribution < -0.4 is 5.32 Å². The van der Waals surface area contributed by atoms with Gasteiger partial charge in [-0.15, -0.1) is 0 Å². The van der Waals surface area contributed by atoms with Crippen LogP contribution in [0.5, 0.6) is 0 Å². The summed E-state index contributed by atoms with van der Waals surface area (Å²) in [6.07, 6.45) is 7.48. The average molecular weight is 352 g/mol. The molecule has 6 heteroatoms. The van der Waals surface area contributed by atoms with Crippen LogP contribution >= 0.6 is 0 Å². The van der Waals surface area contributed by atoms with Crippen molar-refractivity contribution in [3.8, 4) is 0 Å². The number of carbonyl (C=O) groups is 2. The van der Waals surface area contributed by atoms with Gasteiger partial charge in [0, 0.05) is 8.07 Å². The molecular weight excluding hydrogens is 322 g/mol. The number of carbonyl (C=O) groups excluding carboxylic acids is 2. The molecule has 0 fully saturated rings. The summed E-state index contributed by atoms with van der Waals surface area (Å²) in [7, 11) is -1.29. The van der Waals surface area contributed by atoms with E-state index in [0.29, 0.717) is 6.61 Å². The van der Waals surface area contributed by atoms with Crippen molar-refractivity contribution < 1.29 is 19.1 Å². The van der Waals surface area contributed by atoms with E-state index in [0.717, 1.165) is 18.0 Å². The fourth-order valence-corrected chi connectivity index (χ4v) is 2.56. The molecule has 0 aromatic heterocycles. The Morgan fingerprint density at radius 2 is 1.96 bits per heavy atom. The fraction of sp³-hybridized carbons (Fsp3) is 0.556. The van der Waals surface area contributed by atoms with Gasteiger partial charge in [-0.05, 0) is 44.9 Å². The van der Waals surface area contributed by atoms with E-state index >= 15 is 0 Å². The first kappa shape index (κ1) is 20.2. The SMILES string of the molecule is CC(C)(C)OC(=O)N/C(=C\C1=CC=CC1)C(=O)OCC[Si](C)(C)C. The molecule has 0 unspecified atom stereocenters. The highest BCUT2D eigenvalue weighted by Gasteiger charge is 2.21. The quantitative estimate of drug-likeness (QED) is 0.443. The van der Waals surface area contributed by atoms with Crippen LogP contribution in [0.15, 0.2) is 35.6 Å². The van der Waals surface area contributed by atoms with E-state index in [-0.39, 0.29) is 5.70 Å². The van der Waals surface area contributed by atoms with Crippen molar-refractivity contribution in [3.63, 3.8) is 0 Å². The Hall–Kier alpha value is -1.82. The summed E-state index contributed by atoms with van der Waals surface area (Å²) in [4.78, 5) is 24.3. The summed E-state index contributed by atoms with van der Waals surface area (Å²) in [5.41, 5.74) is 0.406. The van der Waals surface area contributed by atoms with Gasteiger partial charge in [0.1, 0.15) is 11.3 Å². The maximum absolute atomic E-state index is 12.3. The minimum atomic E-state index is -1.29.